The van der Waals surface area contributed by atoms with Crippen molar-refractivity contribution < 1.29 is 10.2 Å². The molecular formula is C16H25NO2S. The second kappa shape index (κ2) is 5.03. The highest BCUT2D eigenvalue weighted by atomic mass is 32.1. The number of fused-ring (bicyclic) bond motifs is 1. The summed E-state index contributed by atoms with van der Waals surface area (Å²) < 4.78 is 0. The number of nitrogens with zero attached hydrogens (tertiary/aromatic N) is 1. The molecule has 2 aliphatic carbocycles. The monoisotopic (exact) mass is 295 g/mol. The Morgan fingerprint density at radius 1 is 1.30 bits per heavy atom. The fourth-order valence-electron chi connectivity index (χ4n) is 3.79. The first-order chi connectivity index (χ1) is 9.15. The summed E-state index contributed by atoms with van der Waals surface area (Å²) >= 11 is 4.80. The normalized spacial score (nSPS) is 44.5. The van der Waals surface area contributed by atoms with E-state index >= 15 is 0 Å². The lowest BCUT2D eigenvalue weighted by Gasteiger charge is -2.52. The standard InChI is InChI=1S/C16H25NO2S/c1-11(2)16(19)8-7-15(4,17-10-20)12-5-6-14(3,18)9-13(12)16/h9,11-12,18-19H,5-8H2,1-4H3/t12-,14-,15+,16+/m1/s1. The van der Waals surface area contributed by atoms with Gasteiger partial charge in [-0.25, -0.2) is 4.99 Å². The molecule has 2 aliphatic rings. The first kappa shape index (κ1) is 15.8. The van der Waals surface area contributed by atoms with Crippen LogP contribution in [0.25, 0.3) is 0 Å². The molecule has 0 saturated heterocycles. The van der Waals surface area contributed by atoms with Crippen LogP contribution in [0.2, 0.25) is 0 Å². The minimum absolute atomic E-state index is 0.117. The van der Waals surface area contributed by atoms with E-state index in [0.717, 1.165) is 18.4 Å². The molecule has 2 N–H and O–H groups in total. The van der Waals surface area contributed by atoms with Crippen LogP contribution in [0.4, 0.5) is 0 Å². The predicted molar refractivity (Wildman–Crippen MR) is 83.9 cm³/mol. The van der Waals surface area contributed by atoms with Gasteiger partial charge in [0.15, 0.2) is 0 Å². The first-order valence-electron chi connectivity index (χ1n) is 7.42. The second-order valence-electron chi connectivity index (χ2n) is 7.19. The summed E-state index contributed by atoms with van der Waals surface area (Å²) in [7, 11) is 0. The lowest BCUT2D eigenvalue weighted by atomic mass is 9.57. The zero-order chi connectivity index (χ0) is 15.2. The number of hydrogen-bond acceptors (Lipinski definition) is 4. The van der Waals surface area contributed by atoms with Gasteiger partial charge in [-0.2, -0.15) is 0 Å². The summed E-state index contributed by atoms with van der Waals surface area (Å²) in [6.07, 6.45) is 4.84. The lowest BCUT2D eigenvalue weighted by Crippen LogP contribution is -2.54. The molecule has 20 heavy (non-hydrogen) atoms. The van der Waals surface area contributed by atoms with Gasteiger partial charge in [-0.05, 0) is 63.2 Å². The van der Waals surface area contributed by atoms with Gasteiger partial charge in [0.25, 0.3) is 0 Å². The van der Waals surface area contributed by atoms with Crippen molar-refractivity contribution in [1.82, 2.24) is 0 Å². The minimum Gasteiger partial charge on any atom is -0.386 e. The molecule has 3 nitrogen and oxygen atoms in total. The van der Waals surface area contributed by atoms with Crippen LogP contribution >= 0.6 is 12.2 Å². The Kier molecular flexibility index (Phi) is 3.98. The number of aliphatic imine (C=N–C) groups is 1. The molecule has 112 valence electrons. The number of aliphatic hydroxyl groups is 2. The Balaban J connectivity index is 2.53. The molecule has 1 saturated carbocycles. The maximum Gasteiger partial charge on any atom is 0.0885 e. The van der Waals surface area contributed by atoms with Crippen molar-refractivity contribution in [3.8, 4) is 0 Å². The van der Waals surface area contributed by atoms with Crippen LogP contribution < -0.4 is 0 Å². The van der Waals surface area contributed by atoms with Crippen molar-refractivity contribution in [1.29, 1.82) is 0 Å². The summed E-state index contributed by atoms with van der Waals surface area (Å²) in [5.74, 6) is 0.255. The Bertz CT molecular complexity index is 479. The molecular weight excluding hydrogens is 270 g/mol. The largest absolute Gasteiger partial charge is 0.386 e. The molecule has 0 aliphatic heterocycles. The zero-order valence-corrected chi connectivity index (χ0v) is 13.6. The van der Waals surface area contributed by atoms with Crippen molar-refractivity contribution in [2.75, 3.05) is 0 Å². The van der Waals surface area contributed by atoms with Crippen LogP contribution in [0.3, 0.4) is 0 Å². The van der Waals surface area contributed by atoms with Crippen LogP contribution in [0.15, 0.2) is 16.6 Å². The maximum absolute atomic E-state index is 11.1. The van der Waals surface area contributed by atoms with Crippen molar-refractivity contribution in [2.24, 2.45) is 16.8 Å². The molecule has 2 rings (SSSR count). The highest BCUT2D eigenvalue weighted by Crippen LogP contribution is 2.53. The summed E-state index contributed by atoms with van der Waals surface area (Å²) in [5, 5.41) is 24.0. The molecule has 0 aromatic heterocycles. The van der Waals surface area contributed by atoms with Crippen molar-refractivity contribution in [2.45, 2.75) is 70.1 Å². The summed E-state index contributed by atoms with van der Waals surface area (Å²) in [5.41, 5.74) is -1.03. The van der Waals surface area contributed by atoms with E-state index in [1.54, 1.807) is 0 Å². The predicted octanol–water partition coefficient (Wildman–Crippen LogP) is 3.12. The molecule has 0 bridgehead atoms. The topological polar surface area (TPSA) is 52.8 Å². The Morgan fingerprint density at radius 3 is 2.50 bits per heavy atom. The SMILES string of the molecule is CC(C)[C@@]1(O)CC[C@](C)(N=C=S)[C@@H]2CC[C@@](C)(O)C=C21. The van der Waals surface area contributed by atoms with Gasteiger partial charge < -0.3 is 10.2 Å². The number of thiocarbonyl (C=S) groups is 1. The molecule has 0 aromatic rings. The molecule has 0 radical (unpaired) electrons. The van der Waals surface area contributed by atoms with Gasteiger partial charge in [-0.3, -0.25) is 0 Å². The zero-order valence-electron chi connectivity index (χ0n) is 12.8. The average molecular weight is 295 g/mol. The van der Waals surface area contributed by atoms with Gasteiger partial charge >= 0.3 is 0 Å². The van der Waals surface area contributed by atoms with Gasteiger partial charge in [0.05, 0.1) is 21.9 Å². The third-order valence-electron chi connectivity index (χ3n) is 5.30. The van der Waals surface area contributed by atoms with E-state index in [4.69, 9.17) is 12.2 Å². The molecule has 4 atom stereocenters. The second-order valence-corrected chi connectivity index (χ2v) is 7.37. The fourth-order valence-corrected chi connectivity index (χ4v) is 4.00. The van der Waals surface area contributed by atoms with Crippen LogP contribution in [0.1, 0.15) is 53.4 Å². The van der Waals surface area contributed by atoms with Gasteiger partial charge in [0.1, 0.15) is 0 Å². The van der Waals surface area contributed by atoms with Crippen molar-refractivity contribution in [3.63, 3.8) is 0 Å². The smallest absolute Gasteiger partial charge is 0.0885 e. The number of isothiocyanates is 1. The first-order valence-corrected chi connectivity index (χ1v) is 7.82. The van der Waals surface area contributed by atoms with Gasteiger partial charge in [0.2, 0.25) is 0 Å². The lowest BCUT2D eigenvalue weighted by molar-refractivity contribution is -0.0355. The average Bonchev–Trinajstić information content (AvgIpc) is 2.33. The Hall–Kier alpha value is -0.540. The third kappa shape index (κ3) is 2.50. The molecule has 0 unspecified atom stereocenters. The van der Waals surface area contributed by atoms with E-state index in [-0.39, 0.29) is 17.4 Å². The quantitative estimate of drug-likeness (QED) is 0.467. The summed E-state index contributed by atoms with van der Waals surface area (Å²) in [6.45, 7) is 7.97. The van der Waals surface area contributed by atoms with Gasteiger partial charge in [-0.1, -0.05) is 19.9 Å². The van der Waals surface area contributed by atoms with E-state index in [9.17, 15) is 10.2 Å². The van der Waals surface area contributed by atoms with Crippen LogP contribution in [-0.4, -0.2) is 32.1 Å². The van der Waals surface area contributed by atoms with Gasteiger partial charge in [0, 0.05) is 5.92 Å². The molecule has 1 fully saturated rings. The summed E-state index contributed by atoms with van der Waals surface area (Å²) in [6, 6.07) is 0. The number of rotatable bonds is 2. The highest BCUT2D eigenvalue weighted by molar-refractivity contribution is 7.78. The van der Waals surface area contributed by atoms with E-state index in [1.165, 1.54) is 0 Å². The van der Waals surface area contributed by atoms with Gasteiger partial charge in [-0.15, -0.1) is 0 Å². The maximum atomic E-state index is 11.1. The van der Waals surface area contributed by atoms with Crippen molar-refractivity contribution in [3.05, 3.63) is 11.6 Å². The Labute approximate surface area is 126 Å². The molecule has 4 heteroatoms. The highest BCUT2D eigenvalue weighted by Gasteiger charge is 2.53. The van der Waals surface area contributed by atoms with E-state index in [1.807, 2.05) is 26.8 Å². The van der Waals surface area contributed by atoms with Crippen LogP contribution in [0, 0.1) is 11.8 Å². The molecule has 0 heterocycles. The van der Waals surface area contributed by atoms with E-state index in [0.29, 0.717) is 12.8 Å². The van der Waals surface area contributed by atoms with Crippen LogP contribution in [-0.2, 0) is 0 Å². The summed E-state index contributed by atoms with van der Waals surface area (Å²) in [4.78, 5) is 4.40. The molecule has 0 aromatic carbocycles. The minimum atomic E-state index is -0.842. The number of hydrogen-bond donors (Lipinski definition) is 2. The third-order valence-corrected chi connectivity index (χ3v) is 5.39. The molecule has 0 spiro atoms. The Morgan fingerprint density at radius 2 is 1.95 bits per heavy atom. The fraction of sp³-hybridized carbons (Fsp3) is 0.812. The molecule has 0 amide bonds. The van der Waals surface area contributed by atoms with Crippen molar-refractivity contribution >= 4 is 17.4 Å². The van der Waals surface area contributed by atoms with Crippen LogP contribution in [0.5, 0.6) is 0 Å². The van der Waals surface area contributed by atoms with E-state index in [2.05, 4.69) is 17.1 Å². The van der Waals surface area contributed by atoms with E-state index < -0.39 is 11.2 Å².